The Morgan fingerprint density at radius 2 is 2.05 bits per heavy atom. The summed E-state index contributed by atoms with van der Waals surface area (Å²) in [5.74, 6) is -0.247. The third kappa shape index (κ3) is 3.26. The molecule has 1 saturated heterocycles. The summed E-state index contributed by atoms with van der Waals surface area (Å²) in [6.07, 6.45) is 3.60. The van der Waals surface area contributed by atoms with Gasteiger partial charge in [-0.05, 0) is 32.6 Å². The molecule has 0 aromatic rings. The van der Waals surface area contributed by atoms with Crippen LogP contribution in [0.2, 0.25) is 0 Å². The van der Waals surface area contributed by atoms with Crippen molar-refractivity contribution in [2.24, 2.45) is 5.92 Å². The molecule has 0 aromatic heterocycles. The molecule has 19 heavy (non-hydrogen) atoms. The Morgan fingerprint density at radius 1 is 1.37 bits per heavy atom. The predicted molar refractivity (Wildman–Crippen MR) is 71.8 cm³/mol. The first-order valence-corrected chi connectivity index (χ1v) is 7.25. The van der Waals surface area contributed by atoms with Crippen molar-refractivity contribution in [3.8, 4) is 0 Å². The van der Waals surface area contributed by atoms with Crippen LogP contribution >= 0.6 is 0 Å². The van der Waals surface area contributed by atoms with Gasteiger partial charge in [-0.3, -0.25) is 14.5 Å². The fourth-order valence-electron chi connectivity index (χ4n) is 3.01. The number of carbonyl (C=O) groups is 2. The molecule has 0 bridgehead atoms. The van der Waals surface area contributed by atoms with Crippen LogP contribution in [0, 0.1) is 5.92 Å². The van der Waals surface area contributed by atoms with E-state index in [0.29, 0.717) is 5.92 Å². The van der Waals surface area contributed by atoms with E-state index in [2.05, 4.69) is 0 Å². The lowest BCUT2D eigenvalue weighted by atomic mass is 9.84. The third-order valence-corrected chi connectivity index (χ3v) is 4.36. The summed E-state index contributed by atoms with van der Waals surface area (Å²) in [6, 6.07) is -0.273. The first-order chi connectivity index (χ1) is 8.99. The summed E-state index contributed by atoms with van der Waals surface area (Å²) in [6.45, 7) is 6.38. The van der Waals surface area contributed by atoms with E-state index in [1.165, 1.54) is 19.3 Å². The van der Waals surface area contributed by atoms with Crippen molar-refractivity contribution in [3.63, 3.8) is 0 Å². The lowest BCUT2D eigenvalue weighted by Crippen LogP contribution is -2.60. The summed E-state index contributed by atoms with van der Waals surface area (Å²) < 4.78 is 0. The molecular weight excluding hydrogens is 244 g/mol. The second kappa shape index (κ2) is 5.90. The summed E-state index contributed by atoms with van der Waals surface area (Å²) in [7, 11) is 0. The van der Waals surface area contributed by atoms with Crippen molar-refractivity contribution in [2.75, 3.05) is 19.6 Å². The van der Waals surface area contributed by atoms with Crippen LogP contribution in [0.1, 0.15) is 39.5 Å². The maximum atomic E-state index is 12.5. The average molecular weight is 268 g/mol. The Hall–Kier alpha value is -1.10. The molecule has 2 rings (SSSR count). The van der Waals surface area contributed by atoms with E-state index < -0.39 is 12.0 Å². The van der Waals surface area contributed by atoms with Gasteiger partial charge >= 0.3 is 5.97 Å². The topological polar surface area (TPSA) is 60.9 Å². The molecule has 5 heteroatoms. The number of carboxylic acid groups (broad SMARTS) is 1. The highest BCUT2D eigenvalue weighted by Gasteiger charge is 2.38. The van der Waals surface area contributed by atoms with Crippen LogP contribution < -0.4 is 0 Å². The lowest BCUT2D eigenvalue weighted by Gasteiger charge is -2.44. The maximum absolute atomic E-state index is 12.5. The van der Waals surface area contributed by atoms with Crippen molar-refractivity contribution in [2.45, 2.75) is 51.6 Å². The Morgan fingerprint density at radius 3 is 2.53 bits per heavy atom. The Kier molecular flexibility index (Phi) is 4.45. The number of rotatable bonds is 5. The highest BCUT2D eigenvalue weighted by Crippen LogP contribution is 2.28. The van der Waals surface area contributed by atoms with Crippen molar-refractivity contribution in [1.82, 2.24) is 9.80 Å². The molecule has 1 N–H and O–H groups in total. The van der Waals surface area contributed by atoms with E-state index in [-0.39, 0.29) is 18.4 Å². The number of hydrogen-bond donors (Lipinski definition) is 1. The molecule has 1 amide bonds. The van der Waals surface area contributed by atoms with Crippen molar-refractivity contribution >= 4 is 11.9 Å². The molecule has 108 valence electrons. The normalized spacial score (nSPS) is 25.7. The summed E-state index contributed by atoms with van der Waals surface area (Å²) in [4.78, 5) is 27.4. The van der Waals surface area contributed by atoms with Crippen LogP contribution in [0.4, 0.5) is 0 Å². The molecule has 1 heterocycles. The number of piperazine rings is 1. The first kappa shape index (κ1) is 14.3. The summed E-state index contributed by atoms with van der Waals surface area (Å²) in [5.41, 5.74) is 0. The molecule has 0 spiro atoms. The zero-order valence-corrected chi connectivity index (χ0v) is 11.8. The first-order valence-electron chi connectivity index (χ1n) is 7.25. The van der Waals surface area contributed by atoms with Gasteiger partial charge in [0.25, 0.3) is 0 Å². The van der Waals surface area contributed by atoms with Crippen molar-refractivity contribution < 1.29 is 14.7 Å². The van der Waals surface area contributed by atoms with Crippen LogP contribution in [-0.2, 0) is 9.59 Å². The van der Waals surface area contributed by atoms with Gasteiger partial charge < -0.3 is 10.0 Å². The molecule has 2 fully saturated rings. The summed E-state index contributed by atoms with van der Waals surface area (Å²) in [5, 5.41) is 9.01. The van der Waals surface area contributed by atoms with Gasteiger partial charge in [0.15, 0.2) is 0 Å². The van der Waals surface area contributed by atoms with E-state index in [9.17, 15) is 9.59 Å². The quantitative estimate of drug-likeness (QED) is 0.813. The second-order valence-electron chi connectivity index (χ2n) is 6.03. The highest BCUT2D eigenvalue weighted by molar-refractivity contribution is 5.86. The standard InChI is InChI=1S/C14H24N2O3/c1-10(2)16-7-6-15(9-11-4-3-5-11)14(19)12(16)8-13(17)18/h10-12H,3-9H2,1-2H3,(H,17,18). The van der Waals surface area contributed by atoms with Gasteiger partial charge in [0.1, 0.15) is 6.04 Å². The molecule has 0 radical (unpaired) electrons. The van der Waals surface area contributed by atoms with E-state index in [1.807, 2.05) is 23.6 Å². The molecule has 2 aliphatic rings. The van der Waals surface area contributed by atoms with Gasteiger partial charge in [0.05, 0.1) is 6.42 Å². The van der Waals surface area contributed by atoms with Crippen LogP contribution in [0.15, 0.2) is 0 Å². The van der Waals surface area contributed by atoms with Gasteiger partial charge in [-0.25, -0.2) is 0 Å². The van der Waals surface area contributed by atoms with Crippen molar-refractivity contribution in [3.05, 3.63) is 0 Å². The van der Waals surface area contributed by atoms with Gasteiger partial charge in [0, 0.05) is 25.7 Å². The van der Waals surface area contributed by atoms with E-state index >= 15 is 0 Å². The van der Waals surface area contributed by atoms with Crippen LogP contribution in [0.5, 0.6) is 0 Å². The fraction of sp³-hybridized carbons (Fsp3) is 0.857. The van der Waals surface area contributed by atoms with E-state index in [4.69, 9.17) is 5.11 Å². The molecule has 1 atom stereocenters. The SMILES string of the molecule is CC(C)N1CCN(CC2CCC2)C(=O)C1CC(=O)O. The van der Waals surface area contributed by atoms with Gasteiger partial charge in [-0.15, -0.1) is 0 Å². The molecule has 1 unspecified atom stereocenters. The molecule has 1 aliphatic carbocycles. The minimum absolute atomic E-state index is 0.00856. The number of aliphatic carboxylic acids is 1. The number of nitrogens with zero attached hydrogens (tertiary/aromatic N) is 2. The maximum Gasteiger partial charge on any atom is 0.305 e. The van der Waals surface area contributed by atoms with Gasteiger partial charge in [-0.1, -0.05) is 6.42 Å². The smallest absolute Gasteiger partial charge is 0.305 e. The number of hydrogen-bond acceptors (Lipinski definition) is 3. The molecule has 1 saturated carbocycles. The average Bonchev–Trinajstić information content (AvgIpc) is 2.26. The molecular formula is C14H24N2O3. The monoisotopic (exact) mass is 268 g/mol. The Balaban J connectivity index is 2.02. The zero-order chi connectivity index (χ0) is 14.0. The van der Waals surface area contributed by atoms with Gasteiger partial charge in [0.2, 0.25) is 5.91 Å². The second-order valence-corrected chi connectivity index (χ2v) is 6.03. The fourth-order valence-corrected chi connectivity index (χ4v) is 3.01. The summed E-state index contributed by atoms with van der Waals surface area (Å²) >= 11 is 0. The molecule has 5 nitrogen and oxygen atoms in total. The van der Waals surface area contributed by atoms with Crippen LogP contribution in [-0.4, -0.2) is 58.5 Å². The Bertz CT molecular complexity index is 353. The number of amides is 1. The highest BCUT2D eigenvalue weighted by atomic mass is 16.4. The van der Waals surface area contributed by atoms with Crippen LogP contribution in [0.3, 0.4) is 0 Å². The predicted octanol–water partition coefficient (Wildman–Crippen LogP) is 1.18. The van der Waals surface area contributed by atoms with Crippen molar-refractivity contribution in [1.29, 1.82) is 0 Å². The third-order valence-electron chi connectivity index (χ3n) is 4.36. The van der Waals surface area contributed by atoms with Gasteiger partial charge in [-0.2, -0.15) is 0 Å². The Labute approximate surface area is 114 Å². The van der Waals surface area contributed by atoms with E-state index in [1.54, 1.807) is 0 Å². The van der Waals surface area contributed by atoms with Crippen LogP contribution in [0.25, 0.3) is 0 Å². The number of carbonyl (C=O) groups excluding carboxylic acids is 1. The van der Waals surface area contributed by atoms with E-state index in [0.717, 1.165) is 19.6 Å². The molecule has 1 aliphatic heterocycles. The molecule has 0 aromatic carbocycles. The minimum Gasteiger partial charge on any atom is -0.481 e. The zero-order valence-electron chi connectivity index (χ0n) is 11.8. The largest absolute Gasteiger partial charge is 0.481 e. The lowest BCUT2D eigenvalue weighted by molar-refractivity contribution is -0.151. The minimum atomic E-state index is -0.894. The number of carboxylic acids is 1.